The third kappa shape index (κ3) is 5.04. The fraction of sp³-hybridized carbons (Fsp3) is 0.174. The summed E-state index contributed by atoms with van der Waals surface area (Å²) in [5.74, 6) is -0.958. The van der Waals surface area contributed by atoms with Gasteiger partial charge in [0.1, 0.15) is 12.4 Å². The summed E-state index contributed by atoms with van der Waals surface area (Å²) in [6.45, 7) is 3.37. The summed E-state index contributed by atoms with van der Waals surface area (Å²) < 4.78 is 40.8. The van der Waals surface area contributed by atoms with Crippen molar-refractivity contribution in [3.63, 3.8) is 0 Å². The van der Waals surface area contributed by atoms with Crippen LogP contribution in [0.3, 0.4) is 0 Å². The Balaban J connectivity index is 1.86. The predicted octanol–water partition coefficient (Wildman–Crippen LogP) is 4.21. The molecule has 0 unspecified atom stereocenters. The number of benzene rings is 3. The molecule has 7 heteroatoms. The summed E-state index contributed by atoms with van der Waals surface area (Å²) >= 11 is 0. The number of hydrogen-bond acceptors (Lipinski definition) is 3. The summed E-state index contributed by atoms with van der Waals surface area (Å²) in [5.41, 5.74) is 2.22. The largest absolute Gasteiger partial charge is 0.348 e. The van der Waals surface area contributed by atoms with Crippen LogP contribution in [0.2, 0.25) is 0 Å². The molecule has 0 radical (unpaired) electrons. The fourth-order valence-electron chi connectivity index (χ4n) is 3.00. The zero-order chi connectivity index (χ0) is 21.7. The Morgan fingerprint density at radius 3 is 2.17 bits per heavy atom. The molecular formula is C23H23FN2O3S. The van der Waals surface area contributed by atoms with E-state index in [1.807, 2.05) is 38.1 Å². The maximum Gasteiger partial charge on any atom is 0.264 e. The van der Waals surface area contributed by atoms with E-state index in [1.54, 1.807) is 18.2 Å². The van der Waals surface area contributed by atoms with E-state index in [-0.39, 0.29) is 16.6 Å². The van der Waals surface area contributed by atoms with Crippen LogP contribution in [-0.2, 0) is 14.8 Å². The molecule has 0 aliphatic rings. The standard InChI is InChI=1S/C23H23FN2O3S/c1-17-8-10-19(11-9-17)18(2)25-23(27)16-26(21-14-12-20(24)13-15-21)30(28,29)22-6-4-3-5-7-22/h3-15,18H,16H2,1-2H3,(H,25,27)/t18-/m1/s1. The molecule has 1 atom stereocenters. The highest BCUT2D eigenvalue weighted by Gasteiger charge is 2.27. The summed E-state index contributed by atoms with van der Waals surface area (Å²) in [7, 11) is -4.02. The first-order valence-electron chi connectivity index (χ1n) is 9.46. The summed E-state index contributed by atoms with van der Waals surface area (Å²) in [6.07, 6.45) is 0. The van der Waals surface area contributed by atoms with Crippen molar-refractivity contribution in [2.24, 2.45) is 0 Å². The van der Waals surface area contributed by atoms with Crippen LogP contribution in [0.4, 0.5) is 10.1 Å². The molecule has 30 heavy (non-hydrogen) atoms. The smallest absolute Gasteiger partial charge is 0.264 e. The molecule has 3 rings (SSSR count). The van der Waals surface area contributed by atoms with Crippen LogP contribution in [0, 0.1) is 12.7 Å². The van der Waals surface area contributed by atoms with E-state index in [0.717, 1.165) is 27.6 Å². The topological polar surface area (TPSA) is 66.5 Å². The van der Waals surface area contributed by atoms with Crippen LogP contribution >= 0.6 is 0 Å². The monoisotopic (exact) mass is 426 g/mol. The lowest BCUT2D eigenvalue weighted by Crippen LogP contribution is -2.41. The first kappa shape index (κ1) is 21.5. The number of aryl methyl sites for hydroxylation is 1. The van der Waals surface area contributed by atoms with Crippen molar-refractivity contribution in [2.45, 2.75) is 24.8 Å². The van der Waals surface area contributed by atoms with Crippen LogP contribution in [0.5, 0.6) is 0 Å². The minimum atomic E-state index is -4.02. The minimum absolute atomic E-state index is 0.0497. The summed E-state index contributed by atoms with van der Waals surface area (Å²) in [6, 6.07) is 20.3. The van der Waals surface area contributed by atoms with E-state index in [4.69, 9.17) is 0 Å². The zero-order valence-corrected chi connectivity index (χ0v) is 17.6. The van der Waals surface area contributed by atoms with Gasteiger partial charge in [-0.1, -0.05) is 48.0 Å². The van der Waals surface area contributed by atoms with Gasteiger partial charge in [0.05, 0.1) is 16.6 Å². The van der Waals surface area contributed by atoms with Gasteiger partial charge in [-0.3, -0.25) is 9.10 Å². The first-order chi connectivity index (χ1) is 14.3. The van der Waals surface area contributed by atoms with E-state index < -0.39 is 28.3 Å². The SMILES string of the molecule is Cc1ccc([C@@H](C)NC(=O)CN(c2ccc(F)cc2)S(=O)(=O)c2ccccc2)cc1. The van der Waals surface area contributed by atoms with Gasteiger partial charge in [-0.05, 0) is 55.8 Å². The van der Waals surface area contributed by atoms with E-state index in [9.17, 15) is 17.6 Å². The quantitative estimate of drug-likeness (QED) is 0.616. The fourth-order valence-corrected chi connectivity index (χ4v) is 4.44. The molecule has 0 spiro atoms. The van der Waals surface area contributed by atoms with Gasteiger partial charge in [-0.25, -0.2) is 12.8 Å². The lowest BCUT2D eigenvalue weighted by molar-refractivity contribution is -0.120. The lowest BCUT2D eigenvalue weighted by Gasteiger charge is -2.25. The number of carbonyl (C=O) groups is 1. The average Bonchev–Trinajstić information content (AvgIpc) is 2.74. The molecule has 0 saturated heterocycles. The number of nitrogens with zero attached hydrogens (tertiary/aromatic N) is 1. The molecule has 1 amide bonds. The van der Waals surface area contributed by atoms with E-state index in [2.05, 4.69) is 5.32 Å². The van der Waals surface area contributed by atoms with Crippen molar-refractivity contribution in [3.05, 3.63) is 95.8 Å². The summed E-state index contributed by atoms with van der Waals surface area (Å²) in [5, 5.41) is 2.83. The highest BCUT2D eigenvalue weighted by Crippen LogP contribution is 2.24. The number of amides is 1. The van der Waals surface area contributed by atoms with Crippen molar-refractivity contribution in [2.75, 3.05) is 10.8 Å². The highest BCUT2D eigenvalue weighted by molar-refractivity contribution is 7.92. The maximum absolute atomic E-state index is 13.4. The first-order valence-corrected chi connectivity index (χ1v) is 10.9. The Morgan fingerprint density at radius 2 is 1.57 bits per heavy atom. The Kier molecular flexibility index (Phi) is 6.52. The van der Waals surface area contributed by atoms with Crippen molar-refractivity contribution in [1.82, 2.24) is 5.32 Å². The molecule has 5 nitrogen and oxygen atoms in total. The molecule has 3 aromatic rings. The third-order valence-electron chi connectivity index (χ3n) is 4.69. The molecule has 0 fully saturated rings. The number of nitrogens with one attached hydrogen (secondary N) is 1. The van der Waals surface area contributed by atoms with Crippen LogP contribution in [0.1, 0.15) is 24.1 Å². The molecule has 3 aromatic carbocycles. The Bertz CT molecular complexity index is 1100. The average molecular weight is 427 g/mol. The number of hydrogen-bond donors (Lipinski definition) is 1. The van der Waals surface area contributed by atoms with Gasteiger partial charge in [0.2, 0.25) is 5.91 Å². The molecule has 0 aromatic heterocycles. The number of sulfonamides is 1. The highest BCUT2D eigenvalue weighted by atomic mass is 32.2. The Hall–Kier alpha value is -3.19. The van der Waals surface area contributed by atoms with Crippen molar-refractivity contribution in [1.29, 1.82) is 0 Å². The van der Waals surface area contributed by atoms with Gasteiger partial charge in [-0.2, -0.15) is 0 Å². The van der Waals surface area contributed by atoms with E-state index in [1.165, 1.54) is 24.3 Å². The van der Waals surface area contributed by atoms with Crippen LogP contribution in [-0.4, -0.2) is 20.9 Å². The van der Waals surface area contributed by atoms with Crippen LogP contribution in [0.25, 0.3) is 0 Å². The van der Waals surface area contributed by atoms with Crippen molar-refractivity contribution >= 4 is 21.6 Å². The van der Waals surface area contributed by atoms with Crippen molar-refractivity contribution < 1.29 is 17.6 Å². The minimum Gasteiger partial charge on any atom is -0.348 e. The molecule has 156 valence electrons. The predicted molar refractivity (Wildman–Crippen MR) is 115 cm³/mol. The molecule has 0 heterocycles. The second-order valence-corrected chi connectivity index (χ2v) is 8.86. The Labute approximate surface area is 176 Å². The van der Waals surface area contributed by atoms with Crippen molar-refractivity contribution in [3.8, 4) is 0 Å². The molecular weight excluding hydrogens is 403 g/mol. The molecule has 1 N–H and O–H groups in total. The lowest BCUT2D eigenvalue weighted by atomic mass is 10.1. The van der Waals surface area contributed by atoms with Gasteiger partial charge in [-0.15, -0.1) is 0 Å². The van der Waals surface area contributed by atoms with E-state index in [0.29, 0.717) is 0 Å². The van der Waals surface area contributed by atoms with Crippen LogP contribution in [0.15, 0.2) is 83.8 Å². The second kappa shape index (κ2) is 9.09. The van der Waals surface area contributed by atoms with Gasteiger partial charge < -0.3 is 5.32 Å². The number of halogens is 1. The number of rotatable bonds is 7. The maximum atomic E-state index is 13.4. The van der Waals surface area contributed by atoms with Gasteiger partial charge in [0.15, 0.2) is 0 Å². The van der Waals surface area contributed by atoms with E-state index >= 15 is 0 Å². The van der Waals surface area contributed by atoms with Crippen LogP contribution < -0.4 is 9.62 Å². The summed E-state index contributed by atoms with van der Waals surface area (Å²) in [4.78, 5) is 12.8. The Morgan fingerprint density at radius 1 is 0.967 bits per heavy atom. The molecule has 0 aliphatic carbocycles. The molecule has 0 saturated carbocycles. The normalized spacial score (nSPS) is 12.2. The molecule has 0 aliphatic heterocycles. The molecule has 0 bridgehead atoms. The van der Waals surface area contributed by atoms with Gasteiger partial charge in [0.25, 0.3) is 10.0 Å². The second-order valence-electron chi connectivity index (χ2n) is 7.00. The zero-order valence-electron chi connectivity index (χ0n) is 16.7. The number of carbonyl (C=O) groups excluding carboxylic acids is 1. The number of anilines is 1. The van der Waals surface area contributed by atoms with Gasteiger partial charge in [0, 0.05) is 0 Å². The third-order valence-corrected chi connectivity index (χ3v) is 6.48. The van der Waals surface area contributed by atoms with Gasteiger partial charge >= 0.3 is 0 Å².